The number of carbonyl (C=O) groups excluding carboxylic acids is 1. The molecule has 0 aliphatic carbocycles. The summed E-state index contributed by atoms with van der Waals surface area (Å²) in [5.41, 5.74) is 7.87. The summed E-state index contributed by atoms with van der Waals surface area (Å²) < 4.78 is 14.1. The molecule has 154 valence electrons. The van der Waals surface area contributed by atoms with Gasteiger partial charge in [-0.1, -0.05) is 28.3 Å². The molecule has 0 saturated heterocycles. The molecule has 1 aromatic heterocycles. The summed E-state index contributed by atoms with van der Waals surface area (Å²) >= 11 is 7.11. The molecule has 1 amide bonds. The zero-order valence-corrected chi connectivity index (χ0v) is 17.5. The lowest BCUT2D eigenvalue weighted by molar-refractivity contribution is 0.0863. The topological polar surface area (TPSA) is 80.7 Å². The first kappa shape index (κ1) is 20.1. The standard InChI is InChI=1S/C20H18ClN5O3S/c1-28-17-8-6-16(7-9-17)25-13-22-10-18(25)20(27)24-26-23-11-19(30-26)29-12-14-2-4-15(21)5-3-14/h2-11,13,23H,12H2,1H3,(H,24,27). The Bertz CT molecular complexity index is 1050. The SMILES string of the molecule is COc1ccc(-n2cncc2C(=O)NN2NC=C(OCc3ccc(Cl)cc3)S2)cc1. The van der Waals surface area contributed by atoms with E-state index in [-0.39, 0.29) is 5.91 Å². The number of nitrogens with zero attached hydrogens (tertiary/aromatic N) is 3. The van der Waals surface area contributed by atoms with Crippen molar-refractivity contribution in [1.29, 1.82) is 0 Å². The maximum absolute atomic E-state index is 12.7. The molecule has 2 heterocycles. The lowest BCUT2D eigenvalue weighted by Crippen LogP contribution is -2.42. The van der Waals surface area contributed by atoms with Gasteiger partial charge in [0.2, 0.25) is 0 Å². The van der Waals surface area contributed by atoms with Crippen molar-refractivity contribution in [2.24, 2.45) is 0 Å². The molecule has 30 heavy (non-hydrogen) atoms. The zero-order chi connectivity index (χ0) is 20.9. The second kappa shape index (κ2) is 9.12. The normalized spacial score (nSPS) is 13.5. The predicted molar refractivity (Wildman–Crippen MR) is 114 cm³/mol. The number of hydrazine groups is 2. The average Bonchev–Trinajstić information content (AvgIpc) is 3.43. The van der Waals surface area contributed by atoms with Gasteiger partial charge in [-0.3, -0.25) is 20.2 Å². The van der Waals surface area contributed by atoms with Crippen LogP contribution >= 0.6 is 23.5 Å². The Hall–Kier alpha value is -3.14. The van der Waals surface area contributed by atoms with Gasteiger partial charge in [0, 0.05) is 22.7 Å². The number of benzene rings is 2. The van der Waals surface area contributed by atoms with Crippen LogP contribution in [0.3, 0.4) is 0 Å². The fourth-order valence-electron chi connectivity index (χ4n) is 2.67. The Labute approximate surface area is 182 Å². The van der Waals surface area contributed by atoms with E-state index in [0.29, 0.717) is 22.4 Å². The molecule has 4 rings (SSSR count). The third-order valence-electron chi connectivity index (χ3n) is 4.20. The molecule has 0 fully saturated rings. The Morgan fingerprint density at radius 1 is 1.20 bits per heavy atom. The van der Waals surface area contributed by atoms with Gasteiger partial charge in [0.25, 0.3) is 5.91 Å². The van der Waals surface area contributed by atoms with Gasteiger partial charge in [0.05, 0.1) is 25.8 Å². The van der Waals surface area contributed by atoms with Gasteiger partial charge >= 0.3 is 0 Å². The van der Waals surface area contributed by atoms with Crippen LogP contribution in [-0.4, -0.2) is 27.1 Å². The van der Waals surface area contributed by atoms with Gasteiger partial charge < -0.3 is 9.47 Å². The summed E-state index contributed by atoms with van der Waals surface area (Å²) in [4.78, 5) is 16.8. The Morgan fingerprint density at radius 2 is 1.97 bits per heavy atom. The second-order valence-electron chi connectivity index (χ2n) is 6.18. The summed E-state index contributed by atoms with van der Waals surface area (Å²) in [6.07, 6.45) is 4.76. The first-order valence-corrected chi connectivity index (χ1v) is 10.1. The van der Waals surface area contributed by atoms with Crippen molar-refractivity contribution < 1.29 is 14.3 Å². The van der Waals surface area contributed by atoms with E-state index in [1.54, 1.807) is 24.2 Å². The number of aromatic nitrogens is 2. The molecule has 1 aliphatic rings. The molecule has 0 atom stereocenters. The maximum Gasteiger partial charge on any atom is 0.286 e. The van der Waals surface area contributed by atoms with Crippen LogP contribution in [0.25, 0.3) is 5.69 Å². The third-order valence-corrected chi connectivity index (χ3v) is 5.25. The van der Waals surface area contributed by atoms with Gasteiger partial charge in [-0.05, 0) is 42.0 Å². The molecule has 0 saturated carbocycles. The number of methoxy groups -OCH3 is 1. The summed E-state index contributed by atoms with van der Waals surface area (Å²) in [5, 5.41) is 1.30. The monoisotopic (exact) mass is 443 g/mol. The third kappa shape index (κ3) is 4.70. The van der Waals surface area contributed by atoms with Gasteiger partial charge in [-0.2, -0.15) is 0 Å². The number of nitrogens with one attached hydrogen (secondary N) is 2. The van der Waals surface area contributed by atoms with Crippen LogP contribution in [0.1, 0.15) is 16.1 Å². The number of ether oxygens (including phenoxy) is 2. The van der Waals surface area contributed by atoms with E-state index in [1.807, 2.05) is 48.5 Å². The van der Waals surface area contributed by atoms with Gasteiger partial charge in [-0.25, -0.2) is 4.98 Å². The van der Waals surface area contributed by atoms with Crippen molar-refractivity contribution in [1.82, 2.24) is 24.9 Å². The minimum Gasteiger partial charge on any atom is -0.497 e. The number of hydrogen-bond donors (Lipinski definition) is 2. The number of carbonyl (C=O) groups is 1. The van der Waals surface area contributed by atoms with E-state index < -0.39 is 0 Å². The second-order valence-corrected chi connectivity index (χ2v) is 7.57. The highest BCUT2D eigenvalue weighted by molar-refractivity contribution is 8.00. The minimum atomic E-state index is -0.323. The van der Waals surface area contributed by atoms with E-state index in [0.717, 1.165) is 17.0 Å². The maximum atomic E-state index is 12.7. The highest BCUT2D eigenvalue weighted by atomic mass is 35.5. The van der Waals surface area contributed by atoms with Crippen molar-refractivity contribution in [3.05, 3.63) is 88.6 Å². The smallest absolute Gasteiger partial charge is 0.286 e. The van der Waals surface area contributed by atoms with E-state index >= 15 is 0 Å². The van der Waals surface area contributed by atoms with Crippen LogP contribution in [-0.2, 0) is 11.3 Å². The van der Waals surface area contributed by atoms with Crippen molar-refractivity contribution >= 4 is 29.5 Å². The number of imidazole rings is 1. The number of hydrogen-bond acceptors (Lipinski definition) is 7. The van der Waals surface area contributed by atoms with Crippen LogP contribution in [0.2, 0.25) is 5.02 Å². The molecule has 10 heteroatoms. The predicted octanol–water partition coefficient (Wildman–Crippen LogP) is 3.66. The molecule has 0 spiro atoms. The van der Waals surface area contributed by atoms with Crippen LogP contribution in [0.15, 0.2) is 72.3 Å². The van der Waals surface area contributed by atoms with Crippen molar-refractivity contribution in [2.75, 3.05) is 7.11 Å². The fraction of sp³-hybridized carbons (Fsp3) is 0.100. The highest BCUT2D eigenvalue weighted by Gasteiger charge is 2.21. The molecular weight excluding hydrogens is 426 g/mol. The largest absolute Gasteiger partial charge is 0.497 e. The first-order chi connectivity index (χ1) is 14.6. The van der Waals surface area contributed by atoms with E-state index in [2.05, 4.69) is 15.8 Å². The van der Waals surface area contributed by atoms with Crippen LogP contribution in [0.4, 0.5) is 0 Å². The minimum absolute atomic E-state index is 0.323. The van der Waals surface area contributed by atoms with E-state index in [9.17, 15) is 4.79 Å². The van der Waals surface area contributed by atoms with Gasteiger partial charge in [0.1, 0.15) is 18.1 Å². The van der Waals surface area contributed by atoms with E-state index in [4.69, 9.17) is 21.1 Å². The summed E-state index contributed by atoms with van der Waals surface area (Å²) in [6, 6.07) is 14.8. The summed E-state index contributed by atoms with van der Waals surface area (Å²) in [7, 11) is 1.60. The molecule has 1 aliphatic heterocycles. The Kier molecular flexibility index (Phi) is 6.12. The van der Waals surface area contributed by atoms with Crippen LogP contribution in [0, 0.1) is 0 Å². The zero-order valence-electron chi connectivity index (χ0n) is 15.9. The van der Waals surface area contributed by atoms with Crippen molar-refractivity contribution in [2.45, 2.75) is 6.61 Å². The Balaban J connectivity index is 1.33. The number of halogens is 1. The molecule has 2 aromatic carbocycles. The van der Waals surface area contributed by atoms with Gasteiger partial charge in [0.15, 0.2) is 5.09 Å². The molecule has 8 nitrogen and oxygen atoms in total. The van der Waals surface area contributed by atoms with Crippen LogP contribution < -0.4 is 15.6 Å². The average molecular weight is 444 g/mol. The number of rotatable bonds is 7. The molecule has 2 N–H and O–H groups in total. The Morgan fingerprint density at radius 3 is 2.70 bits per heavy atom. The fourth-order valence-corrected chi connectivity index (χ4v) is 3.43. The quantitative estimate of drug-likeness (QED) is 0.539. The number of amides is 1. The molecule has 0 radical (unpaired) electrons. The first-order valence-electron chi connectivity index (χ1n) is 8.92. The molecule has 0 bridgehead atoms. The van der Waals surface area contributed by atoms with E-state index in [1.165, 1.54) is 22.7 Å². The van der Waals surface area contributed by atoms with Crippen LogP contribution in [0.5, 0.6) is 5.75 Å². The van der Waals surface area contributed by atoms with Crippen molar-refractivity contribution in [3.63, 3.8) is 0 Å². The summed E-state index contributed by atoms with van der Waals surface area (Å²) in [6.45, 7) is 0.393. The molecule has 3 aromatic rings. The molecule has 0 unspecified atom stereocenters. The molecular formula is C20H18ClN5O3S. The van der Waals surface area contributed by atoms with Gasteiger partial charge in [-0.15, -0.1) is 0 Å². The lowest BCUT2D eigenvalue weighted by Gasteiger charge is -2.16. The lowest BCUT2D eigenvalue weighted by atomic mass is 10.2. The van der Waals surface area contributed by atoms with Crippen molar-refractivity contribution in [3.8, 4) is 11.4 Å². The highest BCUT2D eigenvalue weighted by Crippen LogP contribution is 2.25. The summed E-state index contributed by atoms with van der Waals surface area (Å²) in [5.74, 6) is 0.412.